The first kappa shape index (κ1) is 25.7. The molecule has 1 aromatic heterocycles. The molecule has 9 heteroatoms. The van der Waals surface area contributed by atoms with Gasteiger partial charge in [-0.05, 0) is 53.5 Å². The van der Waals surface area contributed by atoms with Crippen molar-refractivity contribution in [2.75, 3.05) is 32.1 Å². The Morgan fingerprint density at radius 2 is 2.00 bits per heavy atom. The minimum Gasteiger partial charge on any atom is -0.444 e. The molecular weight excluding hydrogens is 434 g/mol. The molecule has 1 saturated heterocycles. The third kappa shape index (κ3) is 6.79. The van der Waals surface area contributed by atoms with Gasteiger partial charge in [-0.1, -0.05) is 17.3 Å². The van der Waals surface area contributed by atoms with Crippen LogP contribution in [0.1, 0.15) is 71.3 Å². The van der Waals surface area contributed by atoms with E-state index in [4.69, 9.17) is 19.4 Å². The lowest BCUT2D eigenvalue weighted by Gasteiger charge is -2.32. The summed E-state index contributed by atoms with van der Waals surface area (Å²) in [6.45, 7) is 11.4. The molecule has 0 bridgehead atoms. The van der Waals surface area contributed by atoms with Crippen LogP contribution in [0.4, 0.5) is 10.5 Å². The predicted octanol–water partition coefficient (Wildman–Crippen LogP) is 5.08. The second kappa shape index (κ2) is 11.0. The Morgan fingerprint density at radius 1 is 1.29 bits per heavy atom. The van der Waals surface area contributed by atoms with Crippen LogP contribution in [-0.2, 0) is 9.47 Å². The van der Waals surface area contributed by atoms with E-state index in [1.54, 1.807) is 12.0 Å². The highest BCUT2D eigenvalue weighted by molar-refractivity contribution is 6.03. The van der Waals surface area contributed by atoms with Gasteiger partial charge in [0.1, 0.15) is 5.60 Å². The molecular formula is C25H37N5O4. The average molecular weight is 472 g/mol. The number of rotatable bonds is 8. The summed E-state index contributed by atoms with van der Waals surface area (Å²) < 4.78 is 16.2. The van der Waals surface area contributed by atoms with Gasteiger partial charge >= 0.3 is 6.09 Å². The van der Waals surface area contributed by atoms with E-state index in [2.05, 4.69) is 29.3 Å². The van der Waals surface area contributed by atoms with Gasteiger partial charge in [0.15, 0.2) is 0 Å². The van der Waals surface area contributed by atoms with Crippen molar-refractivity contribution in [3.8, 4) is 11.4 Å². The van der Waals surface area contributed by atoms with E-state index < -0.39 is 5.60 Å². The lowest BCUT2D eigenvalue weighted by Crippen LogP contribution is -2.41. The number of carbonyl (C=O) groups excluding carboxylic acids is 1. The standard InChI is InChI=1S/C25H37N5O4/c1-16(2)27-21-15-18(7-8-19(21)20(26)11-14-32-6)22-28-23(34-29-22)17-9-12-30(13-10-17)24(31)33-25(3,4)5/h7-8,15-17,26-27H,9-14H2,1-6H3. The number of ether oxygens (including phenoxy) is 2. The first-order valence-corrected chi connectivity index (χ1v) is 11.9. The SMILES string of the molecule is COCCC(=N)c1ccc(-c2noc(C3CCN(C(=O)OC(C)(C)C)CC3)n2)cc1NC(C)C. The fourth-order valence-electron chi connectivity index (χ4n) is 3.87. The molecule has 2 N–H and O–H groups in total. The summed E-state index contributed by atoms with van der Waals surface area (Å²) >= 11 is 0. The van der Waals surface area contributed by atoms with Crippen LogP contribution < -0.4 is 5.32 Å². The summed E-state index contributed by atoms with van der Waals surface area (Å²) in [5.41, 5.74) is 2.55. The molecule has 0 spiro atoms. The summed E-state index contributed by atoms with van der Waals surface area (Å²) in [5.74, 6) is 1.22. The maximum absolute atomic E-state index is 12.3. The first-order chi connectivity index (χ1) is 16.1. The fourth-order valence-corrected chi connectivity index (χ4v) is 3.87. The monoisotopic (exact) mass is 471 g/mol. The molecule has 1 aromatic carbocycles. The zero-order valence-electron chi connectivity index (χ0n) is 21.1. The molecule has 0 unspecified atom stereocenters. The normalized spacial score (nSPS) is 15.0. The number of benzene rings is 1. The molecule has 2 aromatic rings. The Morgan fingerprint density at radius 3 is 2.62 bits per heavy atom. The largest absolute Gasteiger partial charge is 0.444 e. The van der Waals surface area contributed by atoms with Gasteiger partial charge in [-0.15, -0.1) is 0 Å². The lowest BCUT2D eigenvalue weighted by molar-refractivity contribution is 0.0198. The number of piperidine rings is 1. The lowest BCUT2D eigenvalue weighted by atomic mass is 9.97. The van der Waals surface area contributed by atoms with Crippen LogP contribution >= 0.6 is 0 Å². The van der Waals surface area contributed by atoms with Gasteiger partial charge in [-0.2, -0.15) is 4.98 Å². The summed E-state index contributed by atoms with van der Waals surface area (Å²) in [7, 11) is 1.64. The maximum atomic E-state index is 12.3. The minimum absolute atomic E-state index is 0.106. The highest BCUT2D eigenvalue weighted by Crippen LogP contribution is 2.31. The van der Waals surface area contributed by atoms with Crippen LogP contribution in [0.5, 0.6) is 0 Å². The quantitative estimate of drug-likeness (QED) is 0.516. The van der Waals surface area contributed by atoms with Gasteiger partial charge in [0.05, 0.1) is 6.61 Å². The number of carbonyl (C=O) groups is 1. The predicted molar refractivity (Wildman–Crippen MR) is 132 cm³/mol. The van der Waals surface area contributed by atoms with Crippen LogP contribution in [0.25, 0.3) is 11.4 Å². The number of anilines is 1. The van der Waals surface area contributed by atoms with Gasteiger partial charge in [-0.25, -0.2) is 4.79 Å². The van der Waals surface area contributed by atoms with E-state index in [1.165, 1.54) is 0 Å². The van der Waals surface area contributed by atoms with Crippen molar-refractivity contribution >= 4 is 17.5 Å². The van der Waals surface area contributed by atoms with Crippen molar-refractivity contribution in [2.24, 2.45) is 0 Å². The van der Waals surface area contributed by atoms with Crippen molar-refractivity contribution in [2.45, 2.75) is 71.4 Å². The first-order valence-electron chi connectivity index (χ1n) is 11.9. The smallest absolute Gasteiger partial charge is 0.410 e. The van der Waals surface area contributed by atoms with Gasteiger partial charge in [0, 0.05) is 61.1 Å². The highest BCUT2D eigenvalue weighted by Gasteiger charge is 2.30. The van der Waals surface area contributed by atoms with Crippen molar-refractivity contribution in [3.05, 3.63) is 29.7 Å². The van der Waals surface area contributed by atoms with Crippen molar-refractivity contribution < 1.29 is 18.8 Å². The Labute approximate surface area is 201 Å². The third-order valence-electron chi connectivity index (χ3n) is 5.54. The highest BCUT2D eigenvalue weighted by atomic mass is 16.6. The van der Waals surface area contributed by atoms with Gasteiger partial charge in [0.2, 0.25) is 11.7 Å². The van der Waals surface area contributed by atoms with E-state index in [0.29, 0.717) is 43.5 Å². The van der Waals surface area contributed by atoms with Crippen LogP contribution in [-0.4, -0.2) is 65.3 Å². The second-order valence-electron chi connectivity index (χ2n) is 9.98. The molecule has 2 heterocycles. The molecule has 1 aliphatic heterocycles. The van der Waals surface area contributed by atoms with Crippen LogP contribution in [0.2, 0.25) is 0 Å². The van der Waals surface area contributed by atoms with Gasteiger partial charge < -0.3 is 29.6 Å². The molecule has 9 nitrogen and oxygen atoms in total. The summed E-state index contributed by atoms with van der Waals surface area (Å²) in [4.78, 5) is 18.7. The third-order valence-corrected chi connectivity index (χ3v) is 5.54. The summed E-state index contributed by atoms with van der Waals surface area (Å²) in [6, 6.07) is 6.02. The van der Waals surface area contributed by atoms with E-state index in [-0.39, 0.29) is 18.1 Å². The minimum atomic E-state index is -0.504. The Balaban J connectivity index is 1.71. The van der Waals surface area contributed by atoms with Gasteiger partial charge in [-0.3, -0.25) is 0 Å². The van der Waals surface area contributed by atoms with Crippen LogP contribution in [0, 0.1) is 5.41 Å². The average Bonchev–Trinajstić information content (AvgIpc) is 3.26. The number of likely N-dealkylation sites (tertiary alicyclic amines) is 1. The summed E-state index contributed by atoms with van der Waals surface area (Å²) in [6.07, 6.45) is 1.75. The topological polar surface area (TPSA) is 114 Å². The van der Waals surface area contributed by atoms with Crippen molar-refractivity contribution in [1.82, 2.24) is 15.0 Å². The molecule has 0 saturated carbocycles. The molecule has 0 aliphatic carbocycles. The number of amides is 1. The number of aromatic nitrogens is 2. The fraction of sp³-hybridized carbons (Fsp3) is 0.600. The summed E-state index contributed by atoms with van der Waals surface area (Å²) in [5, 5.41) is 16.1. The van der Waals surface area contributed by atoms with E-state index in [0.717, 1.165) is 29.7 Å². The molecule has 0 atom stereocenters. The molecule has 1 amide bonds. The molecule has 1 fully saturated rings. The Kier molecular flexibility index (Phi) is 8.30. The van der Waals surface area contributed by atoms with Crippen molar-refractivity contribution in [3.63, 3.8) is 0 Å². The molecule has 186 valence electrons. The zero-order chi connectivity index (χ0) is 24.9. The van der Waals surface area contributed by atoms with E-state index >= 15 is 0 Å². The van der Waals surface area contributed by atoms with Gasteiger partial charge in [0.25, 0.3) is 0 Å². The number of nitrogens with zero attached hydrogens (tertiary/aromatic N) is 3. The number of methoxy groups -OCH3 is 1. The van der Waals surface area contributed by atoms with Crippen LogP contribution in [0.15, 0.2) is 22.7 Å². The molecule has 3 rings (SSSR count). The zero-order valence-corrected chi connectivity index (χ0v) is 21.1. The molecule has 0 radical (unpaired) electrons. The number of hydrogen-bond donors (Lipinski definition) is 2. The Hall–Kier alpha value is -2.94. The van der Waals surface area contributed by atoms with Crippen LogP contribution in [0.3, 0.4) is 0 Å². The molecule has 34 heavy (non-hydrogen) atoms. The van der Waals surface area contributed by atoms with E-state index in [9.17, 15) is 4.79 Å². The maximum Gasteiger partial charge on any atom is 0.410 e. The van der Waals surface area contributed by atoms with E-state index in [1.807, 2.05) is 39.0 Å². The number of nitrogens with one attached hydrogen (secondary N) is 2. The Bertz CT molecular complexity index is 987. The second-order valence-corrected chi connectivity index (χ2v) is 9.98. The van der Waals surface area contributed by atoms with Crippen molar-refractivity contribution in [1.29, 1.82) is 5.41 Å². The number of hydrogen-bond acceptors (Lipinski definition) is 8. The molecule has 1 aliphatic rings.